The molecule has 0 aliphatic rings. The highest BCUT2D eigenvalue weighted by Crippen LogP contribution is 2.19. The van der Waals surface area contributed by atoms with Crippen molar-refractivity contribution in [3.8, 4) is 5.75 Å². The van der Waals surface area contributed by atoms with Gasteiger partial charge >= 0.3 is 0 Å². The van der Waals surface area contributed by atoms with Crippen LogP contribution in [-0.4, -0.2) is 24.0 Å². The summed E-state index contributed by atoms with van der Waals surface area (Å²) in [4.78, 5) is 15.9. The van der Waals surface area contributed by atoms with E-state index >= 15 is 0 Å². The van der Waals surface area contributed by atoms with Crippen LogP contribution in [0.15, 0.2) is 42.6 Å². The number of hydrogen-bond donors (Lipinski definition) is 2. The Morgan fingerprint density at radius 3 is 2.41 bits per heavy atom. The second-order valence-corrected chi connectivity index (χ2v) is 4.77. The molecule has 1 heterocycles. The van der Waals surface area contributed by atoms with Crippen LogP contribution in [0.25, 0.3) is 0 Å². The van der Waals surface area contributed by atoms with Gasteiger partial charge in [-0.2, -0.15) is 0 Å². The third-order valence-corrected chi connectivity index (χ3v) is 2.99. The van der Waals surface area contributed by atoms with E-state index in [0.29, 0.717) is 18.8 Å². The number of nitrogens with zero attached hydrogens (tertiary/aromatic N) is 1. The van der Waals surface area contributed by atoms with Gasteiger partial charge in [-0.15, -0.1) is 0 Å². The molecule has 0 bridgehead atoms. The summed E-state index contributed by atoms with van der Waals surface area (Å²) in [6.45, 7) is 5.28. The van der Waals surface area contributed by atoms with Crippen molar-refractivity contribution in [2.24, 2.45) is 0 Å². The molecule has 1 aromatic carbocycles. The lowest BCUT2D eigenvalue weighted by Crippen LogP contribution is -2.24. The number of nitrogens with one attached hydrogen (secondary N) is 2. The summed E-state index contributed by atoms with van der Waals surface area (Å²) in [6.07, 6.45) is 2.56. The van der Waals surface area contributed by atoms with Crippen molar-refractivity contribution in [1.82, 2.24) is 10.3 Å². The van der Waals surface area contributed by atoms with E-state index in [4.69, 9.17) is 4.74 Å². The Morgan fingerprint density at radius 1 is 1.09 bits per heavy atom. The van der Waals surface area contributed by atoms with Gasteiger partial charge < -0.3 is 15.4 Å². The molecule has 0 radical (unpaired) electrons. The highest BCUT2D eigenvalue weighted by molar-refractivity contribution is 5.92. The molecule has 0 saturated heterocycles. The van der Waals surface area contributed by atoms with Gasteiger partial charge in [0.05, 0.1) is 18.5 Å². The predicted octanol–water partition coefficient (Wildman–Crippen LogP) is 3.36. The smallest absolute Gasteiger partial charge is 0.269 e. The lowest BCUT2D eigenvalue weighted by atomic mass is 10.2. The zero-order valence-corrected chi connectivity index (χ0v) is 12.9. The van der Waals surface area contributed by atoms with Crippen LogP contribution in [0.4, 0.5) is 11.4 Å². The number of benzene rings is 1. The molecule has 116 valence electrons. The van der Waals surface area contributed by atoms with Gasteiger partial charge in [0.2, 0.25) is 0 Å². The monoisotopic (exact) mass is 299 g/mol. The summed E-state index contributed by atoms with van der Waals surface area (Å²) >= 11 is 0. The first kappa shape index (κ1) is 15.8. The zero-order chi connectivity index (χ0) is 15.8. The fraction of sp³-hybridized carbons (Fsp3) is 0.294. The predicted molar refractivity (Wildman–Crippen MR) is 87.8 cm³/mol. The number of pyridine rings is 1. The highest BCUT2D eigenvalue weighted by Gasteiger charge is 2.05. The number of amides is 1. The van der Waals surface area contributed by atoms with Crippen molar-refractivity contribution >= 4 is 17.3 Å². The number of rotatable bonds is 7. The van der Waals surface area contributed by atoms with Crippen LogP contribution in [0.1, 0.15) is 30.8 Å². The van der Waals surface area contributed by atoms with Gasteiger partial charge in [-0.1, -0.05) is 6.92 Å². The lowest BCUT2D eigenvalue weighted by molar-refractivity contribution is 0.0949. The second kappa shape index (κ2) is 8.02. The first-order chi connectivity index (χ1) is 10.7. The zero-order valence-electron chi connectivity index (χ0n) is 12.9. The number of carbonyl (C=O) groups excluding carboxylic acids is 1. The van der Waals surface area contributed by atoms with Crippen LogP contribution in [0.5, 0.6) is 5.75 Å². The molecule has 0 saturated carbocycles. The molecule has 0 aliphatic heterocycles. The molecule has 0 spiro atoms. The van der Waals surface area contributed by atoms with E-state index in [0.717, 1.165) is 23.5 Å². The van der Waals surface area contributed by atoms with Crippen molar-refractivity contribution in [3.63, 3.8) is 0 Å². The Kier molecular flexibility index (Phi) is 5.77. The minimum atomic E-state index is -0.144. The van der Waals surface area contributed by atoms with Gasteiger partial charge in [-0.25, -0.2) is 4.98 Å². The number of aromatic nitrogens is 1. The SMILES string of the molecule is CCCNC(=O)c1ccc(Nc2ccc(OCC)cc2)cn1. The van der Waals surface area contributed by atoms with Crippen LogP contribution in [0.3, 0.4) is 0 Å². The average molecular weight is 299 g/mol. The Bertz CT molecular complexity index is 594. The van der Waals surface area contributed by atoms with Crippen LogP contribution < -0.4 is 15.4 Å². The molecule has 5 heteroatoms. The van der Waals surface area contributed by atoms with E-state index in [9.17, 15) is 4.79 Å². The van der Waals surface area contributed by atoms with E-state index in [1.807, 2.05) is 44.2 Å². The van der Waals surface area contributed by atoms with E-state index < -0.39 is 0 Å². The molecule has 0 fully saturated rings. The Labute approximate surface area is 130 Å². The summed E-state index contributed by atoms with van der Waals surface area (Å²) in [7, 11) is 0. The molecular weight excluding hydrogens is 278 g/mol. The maximum Gasteiger partial charge on any atom is 0.269 e. The fourth-order valence-electron chi connectivity index (χ4n) is 1.90. The minimum Gasteiger partial charge on any atom is -0.494 e. The third kappa shape index (κ3) is 4.48. The molecular formula is C17H21N3O2. The van der Waals surface area contributed by atoms with Gasteiger partial charge in [-0.05, 0) is 49.7 Å². The van der Waals surface area contributed by atoms with Crippen LogP contribution in [0, 0.1) is 0 Å². The van der Waals surface area contributed by atoms with Gasteiger partial charge in [0.1, 0.15) is 11.4 Å². The summed E-state index contributed by atoms with van der Waals surface area (Å²) < 4.78 is 5.40. The molecule has 2 N–H and O–H groups in total. The fourth-order valence-corrected chi connectivity index (χ4v) is 1.90. The maximum atomic E-state index is 11.8. The molecule has 1 amide bonds. The van der Waals surface area contributed by atoms with E-state index in [-0.39, 0.29) is 5.91 Å². The molecule has 2 rings (SSSR count). The van der Waals surface area contributed by atoms with Crippen molar-refractivity contribution in [1.29, 1.82) is 0 Å². The van der Waals surface area contributed by atoms with Gasteiger partial charge in [0.15, 0.2) is 0 Å². The van der Waals surface area contributed by atoms with E-state index in [1.54, 1.807) is 12.3 Å². The van der Waals surface area contributed by atoms with Crippen LogP contribution in [-0.2, 0) is 0 Å². The lowest BCUT2D eigenvalue weighted by Gasteiger charge is -2.08. The number of hydrogen-bond acceptors (Lipinski definition) is 4. The Morgan fingerprint density at radius 2 is 1.82 bits per heavy atom. The van der Waals surface area contributed by atoms with Crippen molar-refractivity contribution in [3.05, 3.63) is 48.3 Å². The number of ether oxygens (including phenoxy) is 1. The van der Waals surface area contributed by atoms with Crippen molar-refractivity contribution in [2.75, 3.05) is 18.5 Å². The molecule has 22 heavy (non-hydrogen) atoms. The molecule has 0 atom stereocenters. The van der Waals surface area contributed by atoms with Crippen molar-refractivity contribution < 1.29 is 9.53 Å². The van der Waals surface area contributed by atoms with Gasteiger partial charge in [0.25, 0.3) is 5.91 Å². The quantitative estimate of drug-likeness (QED) is 0.823. The second-order valence-electron chi connectivity index (χ2n) is 4.77. The van der Waals surface area contributed by atoms with Crippen molar-refractivity contribution in [2.45, 2.75) is 20.3 Å². The number of anilines is 2. The molecule has 2 aromatic rings. The highest BCUT2D eigenvalue weighted by atomic mass is 16.5. The molecule has 0 unspecified atom stereocenters. The number of carbonyl (C=O) groups is 1. The topological polar surface area (TPSA) is 63.2 Å². The largest absolute Gasteiger partial charge is 0.494 e. The summed E-state index contributed by atoms with van der Waals surface area (Å²) in [5.41, 5.74) is 2.19. The van der Waals surface area contributed by atoms with Crippen LogP contribution >= 0.6 is 0 Å². The maximum absolute atomic E-state index is 11.8. The minimum absolute atomic E-state index is 0.144. The van der Waals surface area contributed by atoms with E-state index in [1.165, 1.54) is 0 Å². The molecule has 5 nitrogen and oxygen atoms in total. The molecule has 0 aliphatic carbocycles. The van der Waals surface area contributed by atoms with Gasteiger partial charge in [-0.3, -0.25) is 4.79 Å². The summed E-state index contributed by atoms with van der Waals surface area (Å²) in [6, 6.07) is 11.2. The third-order valence-electron chi connectivity index (χ3n) is 2.99. The van der Waals surface area contributed by atoms with Crippen LogP contribution in [0.2, 0.25) is 0 Å². The normalized spacial score (nSPS) is 10.1. The first-order valence-electron chi connectivity index (χ1n) is 7.47. The summed E-state index contributed by atoms with van der Waals surface area (Å²) in [5.74, 6) is 0.698. The Balaban J connectivity index is 1.97. The van der Waals surface area contributed by atoms with E-state index in [2.05, 4.69) is 15.6 Å². The first-order valence-corrected chi connectivity index (χ1v) is 7.47. The Hall–Kier alpha value is -2.56. The van der Waals surface area contributed by atoms with Gasteiger partial charge in [0, 0.05) is 12.2 Å². The summed E-state index contributed by atoms with van der Waals surface area (Å²) in [5, 5.41) is 6.03. The standard InChI is InChI=1S/C17H21N3O2/c1-3-11-18-17(21)16-10-7-14(12-19-16)20-13-5-8-15(9-6-13)22-4-2/h5-10,12,20H,3-4,11H2,1-2H3,(H,18,21). The molecule has 1 aromatic heterocycles. The average Bonchev–Trinajstić information content (AvgIpc) is 2.55.